The number of amides is 1. The highest BCUT2D eigenvalue weighted by Crippen LogP contribution is 2.13. The molecule has 1 aliphatic heterocycles. The Balaban J connectivity index is 1.73. The van der Waals surface area contributed by atoms with Gasteiger partial charge in [-0.15, -0.1) is 0 Å². The molecule has 7 heteroatoms. The maximum atomic E-state index is 11.8. The van der Waals surface area contributed by atoms with Crippen LogP contribution >= 0.6 is 0 Å². The van der Waals surface area contributed by atoms with Crippen molar-refractivity contribution in [3.8, 4) is 0 Å². The van der Waals surface area contributed by atoms with Crippen molar-refractivity contribution in [3.05, 3.63) is 39.9 Å². The minimum absolute atomic E-state index is 0.0149. The summed E-state index contributed by atoms with van der Waals surface area (Å²) in [7, 11) is 0. The van der Waals surface area contributed by atoms with Crippen LogP contribution < -0.4 is 10.6 Å². The zero-order valence-electron chi connectivity index (χ0n) is 11.9. The predicted molar refractivity (Wildman–Crippen MR) is 79.1 cm³/mol. The Morgan fingerprint density at radius 3 is 2.86 bits per heavy atom. The van der Waals surface area contributed by atoms with Crippen molar-refractivity contribution < 1.29 is 9.72 Å². The number of non-ortho nitro benzene ring substituents is 1. The molecular weight excluding hydrogens is 272 g/mol. The first-order valence-corrected chi connectivity index (χ1v) is 7.08. The molecule has 7 nitrogen and oxygen atoms in total. The lowest BCUT2D eigenvalue weighted by Crippen LogP contribution is -2.46. The van der Waals surface area contributed by atoms with Crippen LogP contribution in [0.15, 0.2) is 24.3 Å². The fourth-order valence-electron chi connectivity index (χ4n) is 2.32. The summed E-state index contributed by atoms with van der Waals surface area (Å²) in [4.78, 5) is 24.3. The molecule has 1 amide bonds. The van der Waals surface area contributed by atoms with Crippen molar-refractivity contribution >= 4 is 11.6 Å². The quantitative estimate of drug-likeness (QED) is 0.576. The molecule has 1 fully saturated rings. The second kappa shape index (κ2) is 7.70. The number of benzene rings is 1. The van der Waals surface area contributed by atoms with Gasteiger partial charge in [-0.2, -0.15) is 0 Å². The van der Waals surface area contributed by atoms with E-state index in [1.165, 1.54) is 12.1 Å². The Morgan fingerprint density at radius 2 is 2.14 bits per heavy atom. The van der Waals surface area contributed by atoms with Crippen LogP contribution in [0.25, 0.3) is 0 Å². The van der Waals surface area contributed by atoms with Crippen LogP contribution in [0, 0.1) is 10.1 Å². The van der Waals surface area contributed by atoms with Gasteiger partial charge in [-0.3, -0.25) is 19.8 Å². The maximum Gasteiger partial charge on any atom is 0.269 e. The fourth-order valence-corrected chi connectivity index (χ4v) is 2.32. The van der Waals surface area contributed by atoms with E-state index in [9.17, 15) is 14.9 Å². The first kappa shape index (κ1) is 15.4. The van der Waals surface area contributed by atoms with E-state index in [1.807, 2.05) is 0 Å². The van der Waals surface area contributed by atoms with Crippen LogP contribution in [-0.4, -0.2) is 55.0 Å². The number of rotatable bonds is 6. The Labute approximate surface area is 123 Å². The number of hydrogen-bond acceptors (Lipinski definition) is 5. The number of carbonyl (C=O) groups excluding carboxylic acids is 1. The number of piperazine rings is 1. The Hall–Kier alpha value is -1.99. The summed E-state index contributed by atoms with van der Waals surface area (Å²) in [6.45, 7) is 5.42. The highest BCUT2D eigenvalue weighted by molar-refractivity contribution is 5.78. The zero-order valence-corrected chi connectivity index (χ0v) is 11.9. The van der Waals surface area contributed by atoms with Gasteiger partial charge >= 0.3 is 0 Å². The molecule has 1 heterocycles. The minimum Gasteiger partial charge on any atom is -0.355 e. The van der Waals surface area contributed by atoms with Gasteiger partial charge in [0.1, 0.15) is 0 Å². The normalized spacial score (nSPS) is 15.6. The van der Waals surface area contributed by atoms with E-state index in [-0.39, 0.29) is 18.0 Å². The predicted octanol–water partition coefficient (Wildman–Crippen LogP) is 0.159. The van der Waals surface area contributed by atoms with Crippen LogP contribution in [0.2, 0.25) is 0 Å². The molecule has 0 unspecified atom stereocenters. The Bertz CT molecular complexity index is 501. The molecule has 0 bridgehead atoms. The Morgan fingerprint density at radius 1 is 1.38 bits per heavy atom. The number of nitro benzene ring substituents is 1. The van der Waals surface area contributed by atoms with Crippen LogP contribution in [0.5, 0.6) is 0 Å². The lowest BCUT2D eigenvalue weighted by molar-refractivity contribution is -0.384. The van der Waals surface area contributed by atoms with E-state index in [0.29, 0.717) is 12.1 Å². The standard InChI is InChI=1S/C14H20N4O3/c19-14(16-6-9-17-7-4-15-5-8-17)11-12-2-1-3-13(10-12)18(20)21/h1-3,10,15H,4-9,11H2,(H,16,19). The number of hydrogen-bond donors (Lipinski definition) is 2. The van der Waals surface area contributed by atoms with Gasteiger partial charge in [0.15, 0.2) is 0 Å². The van der Waals surface area contributed by atoms with Gasteiger partial charge in [0, 0.05) is 51.4 Å². The summed E-state index contributed by atoms with van der Waals surface area (Å²) in [5.74, 6) is -0.106. The molecule has 0 aromatic heterocycles. The van der Waals surface area contributed by atoms with E-state index in [2.05, 4.69) is 15.5 Å². The third kappa shape index (κ3) is 5.13. The molecule has 1 aromatic rings. The minimum atomic E-state index is -0.453. The first-order chi connectivity index (χ1) is 10.1. The molecular formula is C14H20N4O3. The van der Waals surface area contributed by atoms with E-state index >= 15 is 0 Å². The van der Waals surface area contributed by atoms with Crippen LogP contribution in [0.1, 0.15) is 5.56 Å². The van der Waals surface area contributed by atoms with Gasteiger partial charge in [0.25, 0.3) is 5.69 Å². The molecule has 1 aromatic carbocycles. The molecule has 0 aliphatic carbocycles. The monoisotopic (exact) mass is 292 g/mol. The van der Waals surface area contributed by atoms with E-state index < -0.39 is 4.92 Å². The molecule has 0 saturated carbocycles. The topological polar surface area (TPSA) is 87.5 Å². The van der Waals surface area contributed by atoms with Crippen molar-refractivity contribution in [3.63, 3.8) is 0 Å². The number of carbonyl (C=O) groups is 1. The van der Waals surface area contributed by atoms with Crippen molar-refractivity contribution in [2.45, 2.75) is 6.42 Å². The number of nitrogens with one attached hydrogen (secondary N) is 2. The molecule has 2 N–H and O–H groups in total. The smallest absolute Gasteiger partial charge is 0.269 e. The molecule has 1 saturated heterocycles. The van der Waals surface area contributed by atoms with Gasteiger partial charge in [0.05, 0.1) is 11.3 Å². The van der Waals surface area contributed by atoms with E-state index in [1.54, 1.807) is 12.1 Å². The third-order valence-electron chi connectivity index (χ3n) is 3.45. The summed E-state index contributed by atoms with van der Waals surface area (Å²) < 4.78 is 0. The highest BCUT2D eigenvalue weighted by Gasteiger charge is 2.11. The van der Waals surface area contributed by atoms with Crippen molar-refractivity contribution in [1.29, 1.82) is 0 Å². The molecule has 1 aliphatic rings. The lowest BCUT2D eigenvalue weighted by Gasteiger charge is -2.27. The zero-order chi connectivity index (χ0) is 15.1. The number of nitrogens with zero attached hydrogens (tertiary/aromatic N) is 2. The van der Waals surface area contributed by atoms with Crippen molar-refractivity contribution in [1.82, 2.24) is 15.5 Å². The van der Waals surface area contributed by atoms with Gasteiger partial charge in [0.2, 0.25) is 5.91 Å². The SMILES string of the molecule is O=C(Cc1cccc([N+](=O)[O-])c1)NCCN1CCNCC1. The lowest BCUT2D eigenvalue weighted by atomic mass is 10.1. The van der Waals surface area contributed by atoms with Gasteiger partial charge in [-0.05, 0) is 5.56 Å². The summed E-state index contributed by atoms with van der Waals surface area (Å²) in [5.41, 5.74) is 0.671. The summed E-state index contributed by atoms with van der Waals surface area (Å²) >= 11 is 0. The van der Waals surface area contributed by atoms with Gasteiger partial charge in [-0.1, -0.05) is 12.1 Å². The van der Waals surface area contributed by atoms with E-state index in [0.717, 1.165) is 32.7 Å². The second-order valence-electron chi connectivity index (χ2n) is 5.05. The Kier molecular flexibility index (Phi) is 5.65. The van der Waals surface area contributed by atoms with Crippen LogP contribution in [-0.2, 0) is 11.2 Å². The molecule has 0 spiro atoms. The van der Waals surface area contributed by atoms with E-state index in [4.69, 9.17) is 0 Å². The first-order valence-electron chi connectivity index (χ1n) is 7.08. The molecule has 0 radical (unpaired) electrons. The average Bonchev–Trinajstić information content (AvgIpc) is 2.48. The van der Waals surface area contributed by atoms with Crippen LogP contribution in [0.4, 0.5) is 5.69 Å². The second-order valence-corrected chi connectivity index (χ2v) is 5.05. The third-order valence-corrected chi connectivity index (χ3v) is 3.45. The summed E-state index contributed by atoms with van der Waals surface area (Å²) in [5, 5.41) is 16.8. The van der Waals surface area contributed by atoms with Crippen LogP contribution in [0.3, 0.4) is 0 Å². The fraction of sp³-hybridized carbons (Fsp3) is 0.500. The summed E-state index contributed by atoms with van der Waals surface area (Å²) in [6, 6.07) is 6.19. The molecule has 2 rings (SSSR count). The largest absolute Gasteiger partial charge is 0.355 e. The number of nitro groups is 1. The van der Waals surface area contributed by atoms with Crippen molar-refractivity contribution in [2.24, 2.45) is 0 Å². The van der Waals surface area contributed by atoms with Gasteiger partial charge < -0.3 is 10.6 Å². The maximum absolute atomic E-state index is 11.8. The molecule has 21 heavy (non-hydrogen) atoms. The van der Waals surface area contributed by atoms with Crippen molar-refractivity contribution in [2.75, 3.05) is 39.3 Å². The average molecular weight is 292 g/mol. The summed E-state index contributed by atoms with van der Waals surface area (Å²) in [6.07, 6.45) is 0.170. The highest BCUT2D eigenvalue weighted by atomic mass is 16.6. The van der Waals surface area contributed by atoms with Gasteiger partial charge in [-0.25, -0.2) is 0 Å². The molecule has 0 atom stereocenters. The molecule has 114 valence electrons.